The number of nitrogens with one attached hydrogen (secondary N) is 2. The number of rotatable bonds is 5. The SMILES string of the molecule is Cc1occc1C(=O)N/N=C1\CCCc2oc(C(=O)NCc3ccccc3Cl)c(C)c21. The Hall–Kier alpha value is -3.32. The van der Waals surface area contributed by atoms with E-state index in [0.29, 0.717) is 52.8 Å². The van der Waals surface area contributed by atoms with Gasteiger partial charge < -0.3 is 14.2 Å². The van der Waals surface area contributed by atoms with Crippen LogP contribution in [0.25, 0.3) is 0 Å². The van der Waals surface area contributed by atoms with Gasteiger partial charge in [-0.1, -0.05) is 29.8 Å². The van der Waals surface area contributed by atoms with Crippen LogP contribution in [0.15, 0.2) is 50.5 Å². The molecule has 4 rings (SSSR count). The summed E-state index contributed by atoms with van der Waals surface area (Å²) in [5.41, 5.74) is 6.04. The summed E-state index contributed by atoms with van der Waals surface area (Å²) in [6.07, 6.45) is 3.67. The van der Waals surface area contributed by atoms with Crippen LogP contribution in [0.2, 0.25) is 5.02 Å². The highest BCUT2D eigenvalue weighted by Gasteiger charge is 2.28. The molecule has 0 radical (unpaired) electrons. The third-order valence-corrected chi connectivity index (χ3v) is 5.69. The van der Waals surface area contributed by atoms with Crippen LogP contribution in [-0.2, 0) is 13.0 Å². The van der Waals surface area contributed by atoms with E-state index in [9.17, 15) is 9.59 Å². The van der Waals surface area contributed by atoms with Crippen molar-refractivity contribution in [1.29, 1.82) is 0 Å². The zero-order valence-electron chi connectivity index (χ0n) is 17.3. The number of nitrogens with zero attached hydrogens (tertiary/aromatic N) is 1. The predicted octanol–water partition coefficient (Wildman–Crippen LogP) is 4.54. The molecule has 7 nitrogen and oxygen atoms in total. The van der Waals surface area contributed by atoms with Crippen LogP contribution in [0, 0.1) is 13.8 Å². The number of aryl methyl sites for hydroxylation is 2. The van der Waals surface area contributed by atoms with Gasteiger partial charge in [-0.25, -0.2) is 5.43 Å². The largest absolute Gasteiger partial charge is 0.469 e. The van der Waals surface area contributed by atoms with Gasteiger partial charge in [-0.3, -0.25) is 9.59 Å². The lowest BCUT2D eigenvalue weighted by molar-refractivity contribution is 0.0919. The summed E-state index contributed by atoms with van der Waals surface area (Å²) in [6, 6.07) is 8.94. The Labute approximate surface area is 184 Å². The summed E-state index contributed by atoms with van der Waals surface area (Å²) in [4.78, 5) is 25.1. The van der Waals surface area contributed by atoms with Gasteiger partial charge in [-0.2, -0.15) is 5.10 Å². The van der Waals surface area contributed by atoms with Crippen molar-refractivity contribution in [1.82, 2.24) is 10.7 Å². The van der Waals surface area contributed by atoms with Crippen LogP contribution in [0.3, 0.4) is 0 Å². The van der Waals surface area contributed by atoms with Gasteiger partial charge in [-0.15, -0.1) is 0 Å². The van der Waals surface area contributed by atoms with E-state index in [2.05, 4.69) is 15.8 Å². The second-order valence-corrected chi connectivity index (χ2v) is 7.78. The second kappa shape index (κ2) is 8.81. The molecule has 2 amide bonds. The van der Waals surface area contributed by atoms with Crippen LogP contribution in [0.4, 0.5) is 0 Å². The highest BCUT2D eigenvalue weighted by molar-refractivity contribution is 6.31. The molecular weight excluding hydrogens is 418 g/mol. The molecular formula is C23H22ClN3O4. The van der Waals surface area contributed by atoms with E-state index < -0.39 is 0 Å². The molecule has 1 aromatic carbocycles. The molecule has 0 aliphatic heterocycles. The van der Waals surface area contributed by atoms with Gasteiger partial charge in [0.1, 0.15) is 11.5 Å². The average molecular weight is 440 g/mol. The fourth-order valence-corrected chi connectivity index (χ4v) is 3.90. The standard InChI is InChI=1S/C23H22ClN3O4/c1-13-20-18(26-27-22(28)16-10-11-30-14(16)2)8-5-9-19(20)31-21(13)23(29)25-12-15-6-3-4-7-17(15)24/h3-4,6-7,10-11H,5,8-9,12H2,1-2H3,(H,25,29)(H,27,28)/b26-18+. The van der Waals surface area contributed by atoms with E-state index in [1.54, 1.807) is 19.1 Å². The Kier molecular flexibility index (Phi) is 5.95. The van der Waals surface area contributed by atoms with Crippen LogP contribution in [-0.4, -0.2) is 17.5 Å². The molecule has 2 N–H and O–H groups in total. The van der Waals surface area contributed by atoms with Crippen molar-refractivity contribution in [2.75, 3.05) is 0 Å². The first-order chi connectivity index (χ1) is 15.0. The summed E-state index contributed by atoms with van der Waals surface area (Å²) in [7, 11) is 0. The van der Waals surface area contributed by atoms with Gasteiger partial charge in [0.25, 0.3) is 11.8 Å². The number of carbonyl (C=O) groups is 2. The lowest BCUT2D eigenvalue weighted by Crippen LogP contribution is -2.24. The summed E-state index contributed by atoms with van der Waals surface area (Å²) in [5, 5.41) is 7.78. The lowest BCUT2D eigenvalue weighted by atomic mass is 9.93. The molecule has 1 aliphatic rings. The quantitative estimate of drug-likeness (QED) is 0.570. The number of furan rings is 2. The first-order valence-corrected chi connectivity index (χ1v) is 10.4. The van der Waals surface area contributed by atoms with Crippen molar-refractivity contribution >= 4 is 29.1 Å². The first-order valence-electron chi connectivity index (χ1n) is 10.0. The minimum atomic E-state index is -0.343. The zero-order chi connectivity index (χ0) is 22.0. The Bertz CT molecular complexity index is 1180. The van der Waals surface area contributed by atoms with E-state index in [0.717, 1.165) is 17.5 Å². The number of hydrogen-bond donors (Lipinski definition) is 2. The summed E-state index contributed by atoms with van der Waals surface area (Å²) in [6.45, 7) is 3.84. The van der Waals surface area contributed by atoms with E-state index >= 15 is 0 Å². The van der Waals surface area contributed by atoms with Crippen LogP contribution >= 0.6 is 11.6 Å². The van der Waals surface area contributed by atoms with Crippen LogP contribution in [0.1, 0.15) is 62.0 Å². The molecule has 31 heavy (non-hydrogen) atoms. The predicted molar refractivity (Wildman–Crippen MR) is 116 cm³/mol. The second-order valence-electron chi connectivity index (χ2n) is 7.37. The Morgan fingerprint density at radius 2 is 1.94 bits per heavy atom. The molecule has 0 unspecified atom stereocenters. The normalized spacial score (nSPS) is 14.4. The highest BCUT2D eigenvalue weighted by Crippen LogP contribution is 2.30. The fourth-order valence-electron chi connectivity index (χ4n) is 3.69. The van der Waals surface area contributed by atoms with Crippen molar-refractivity contribution in [3.05, 3.63) is 81.2 Å². The fraction of sp³-hybridized carbons (Fsp3) is 0.261. The zero-order valence-corrected chi connectivity index (χ0v) is 18.0. The molecule has 2 heterocycles. The van der Waals surface area contributed by atoms with Crippen molar-refractivity contribution in [3.63, 3.8) is 0 Å². The molecule has 2 aromatic heterocycles. The molecule has 0 spiro atoms. The summed E-state index contributed by atoms with van der Waals surface area (Å²) < 4.78 is 11.1. The van der Waals surface area contributed by atoms with Gasteiger partial charge in [0, 0.05) is 29.1 Å². The molecule has 0 saturated carbocycles. The molecule has 8 heteroatoms. The van der Waals surface area contributed by atoms with Gasteiger partial charge in [0.15, 0.2) is 5.76 Å². The van der Waals surface area contributed by atoms with Gasteiger partial charge in [0.05, 0.1) is 17.5 Å². The van der Waals surface area contributed by atoms with E-state index in [1.807, 2.05) is 25.1 Å². The monoisotopic (exact) mass is 439 g/mol. The van der Waals surface area contributed by atoms with Gasteiger partial charge >= 0.3 is 0 Å². The molecule has 0 fully saturated rings. The minimum Gasteiger partial charge on any atom is -0.469 e. The minimum absolute atomic E-state index is 0.253. The molecule has 0 saturated heterocycles. The average Bonchev–Trinajstić information content (AvgIpc) is 3.35. The van der Waals surface area contributed by atoms with Crippen LogP contribution < -0.4 is 10.7 Å². The molecule has 160 valence electrons. The van der Waals surface area contributed by atoms with Crippen molar-refractivity contribution in [2.24, 2.45) is 5.10 Å². The van der Waals surface area contributed by atoms with Crippen molar-refractivity contribution in [3.8, 4) is 0 Å². The topological polar surface area (TPSA) is 96.8 Å². The number of hydrogen-bond acceptors (Lipinski definition) is 5. The molecule has 3 aromatic rings. The van der Waals surface area contributed by atoms with Crippen molar-refractivity contribution < 1.29 is 18.4 Å². The molecule has 1 aliphatic carbocycles. The Morgan fingerprint density at radius 3 is 2.68 bits per heavy atom. The molecule has 0 atom stereocenters. The number of halogens is 1. The van der Waals surface area contributed by atoms with E-state index in [-0.39, 0.29) is 17.6 Å². The third-order valence-electron chi connectivity index (χ3n) is 5.33. The Morgan fingerprint density at radius 1 is 1.13 bits per heavy atom. The first kappa shape index (κ1) is 20.9. The van der Waals surface area contributed by atoms with Gasteiger partial charge in [-0.05, 0) is 44.4 Å². The maximum atomic E-state index is 12.8. The maximum absolute atomic E-state index is 12.8. The third kappa shape index (κ3) is 4.27. The maximum Gasteiger partial charge on any atom is 0.287 e. The highest BCUT2D eigenvalue weighted by atomic mass is 35.5. The number of hydrazone groups is 1. The Balaban J connectivity index is 1.52. The number of fused-ring (bicyclic) bond motifs is 1. The van der Waals surface area contributed by atoms with Crippen molar-refractivity contribution in [2.45, 2.75) is 39.7 Å². The van der Waals surface area contributed by atoms with E-state index in [4.69, 9.17) is 20.4 Å². The van der Waals surface area contributed by atoms with E-state index in [1.165, 1.54) is 6.26 Å². The number of carbonyl (C=O) groups excluding carboxylic acids is 2. The van der Waals surface area contributed by atoms with Crippen LogP contribution in [0.5, 0.6) is 0 Å². The number of amides is 2. The lowest BCUT2D eigenvalue weighted by Gasteiger charge is -2.13. The smallest absolute Gasteiger partial charge is 0.287 e. The summed E-state index contributed by atoms with van der Waals surface area (Å²) in [5.74, 6) is 0.829. The molecule has 0 bridgehead atoms. The van der Waals surface area contributed by atoms with Gasteiger partial charge in [0.2, 0.25) is 0 Å². The number of benzene rings is 1. The summed E-state index contributed by atoms with van der Waals surface area (Å²) >= 11 is 6.16.